The van der Waals surface area contributed by atoms with E-state index in [1.54, 1.807) is 6.07 Å². The molecule has 7 heteroatoms. The van der Waals surface area contributed by atoms with E-state index in [1.807, 2.05) is 0 Å². The number of benzene rings is 1. The summed E-state index contributed by atoms with van der Waals surface area (Å²) in [5.41, 5.74) is 0.402. The molecule has 4 nitrogen and oxygen atoms in total. The van der Waals surface area contributed by atoms with E-state index in [2.05, 4.69) is 10.6 Å². The van der Waals surface area contributed by atoms with E-state index in [0.717, 1.165) is 6.54 Å². The summed E-state index contributed by atoms with van der Waals surface area (Å²) in [6, 6.07) is 4.18. The molecule has 0 saturated carbocycles. The number of ether oxygens (including phenoxy) is 1. The van der Waals surface area contributed by atoms with Crippen molar-refractivity contribution in [1.29, 1.82) is 0 Å². The molecule has 1 saturated heterocycles. The van der Waals surface area contributed by atoms with Gasteiger partial charge in [0.25, 0.3) is 0 Å². The molecule has 0 spiro atoms. The number of halogens is 3. The molecule has 1 aliphatic heterocycles. The molecule has 106 valence electrons. The van der Waals surface area contributed by atoms with Crippen molar-refractivity contribution in [1.82, 2.24) is 5.32 Å². The monoisotopic (exact) mass is 308 g/mol. The van der Waals surface area contributed by atoms with E-state index in [4.69, 9.17) is 16.3 Å². The highest BCUT2D eigenvalue weighted by Gasteiger charge is 2.17. The Kier molecular flexibility index (Phi) is 6.51. The van der Waals surface area contributed by atoms with Crippen LogP contribution >= 0.6 is 24.0 Å². The Morgan fingerprint density at radius 2 is 2.37 bits per heavy atom. The van der Waals surface area contributed by atoms with E-state index in [0.29, 0.717) is 25.3 Å². The number of hydrogen-bond acceptors (Lipinski definition) is 3. The van der Waals surface area contributed by atoms with Gasteiger partial charge in [-0.25, -0.2) is 4.39 Å². The van der Waals surface area contributed by atoms with Gasteiger partial charge >= 0.3 is 0 Å². The standard InChI is InChI=1S/C12H14ClFN2O2.ClH/c13-10-2-1-8(5-11(10)14)16-12(17)6-9-7-18-4-3-15-9;/h1-2,5,9,15H,3-4,6-7H2,(H,16,17);1H. The lowest BCUT2D eigenvalue weighted by Crippen LogP contribution is -2.43. The minimum absolute atomic E-state index is 0. The molecule has 1 atom stereocenters. The molecule has 1 unspecified atom stereocenters. The molecule has 1 amide bonds. The van der Waals surface area contributed by atoms with Crippen LogP contribution in [0.4, 0.5) is 10.1 Å². The summed E-state index contributed by atoms with van der Waals surface area (Å²) in [4.78, 5) is 11.7. The third kappa shape index (κ3) is 4.95. The van der Waals surface area contributed by atoms with E-state index in [9.17, 15) is 9.18 Å². The van der Waals surface area contributed by atoms with Crippen LogP contribution in [0.5, 0.6) is 0 Å². The van der Waals surface area contributed by atoms with Crippen LogP contribution < -0.4 is 10.6 Å². The topological polar surface area (TPSA) is 50.4 Å². The van der Waals surface area contributed by atoms with Gasteiger partial charge in [0.05, 0.1) is 18.2 Å². The predicted octanol–water partition coefficient (Wildman–Crippen LogP) is 2.22. The summed E-state index contributed by atoms with van der Waals surface area (Å²) in [6.07, 6.45) is 0.296. The van der Waals surface area contributed by atoms with Crippen LogP contribution in [-0.4, -0.2) is 31.7 Å². The van der Waals surface area contributed by atoms with Crippen molar-refractivity contribution < 1.29 is 13.9 Å². The molecular formula is C12H15Cl2FN2O2. The number of amides is 1. The van der Waals surface area contributed by atoms with Gasteiger partial charge in [-0.3, -0.25) is 4.79 Å². The molecule has 0 bridgehead atoms. The quantitative estimate of drug-likeness (QED) is 0.900. The number of anilines is 1. The van der Waals surface area contributed by atoms with Crippen LogP contribution in [0.25, 0.3) is 0 Å². The summed E-state index contributed by atoms with van der Waals surface area (Å²) in [6.45, 7) is 1.93. The second kappa shape index (κ2) is 7.65. The molecule has 19 heavy (non-hydrogen) atoms. The first kappa shape index (κ1) is 16.2. The number of carbonyl (C=O) groups is 1. The molecule has 1 aromatic rings. The third-order valence-corrected chi connectivity index (χ3v) is 2.94. The molecule has 1 aromatic carbocycles. The van der Waals surface area contributed by atoms with Crippen molar-refractivity contribution in [2.75, 3.05) is 25.1 Å². The maximum atomic E-state index is 13.2. The van der Waals surface area contributed by atoms with Gasteiger partial charge in [-0.1, -0.05) is 11.6 Å². The van der Waals surface area contributed by atoms with Crippen LogP contribution in [0, 0.1) is 5.82 Å². The first-order chi connectivity index (χ1) is 8.65. The third-order valence-electron chi connectivity index (χ3n) is 2.63. The van der Waals surface area contributed by atoms with Crippen molar-refractivity contribution in [3.63, 3.8) is 0 Å². The molecule has 1 aliphatic rings. The number of carbonyl (C=O) groups excluding carboxylic acids is 1. The smallest absolute Gasteiger partial charge is 0.226 e. The van der Waals surface area contributed by atoms with Crippen molar-refractivity contribution in [2.45, 2.75) is 12.5 Å². The van der Waals surface area contributed by atoms with Gasteiger partial charge in [-0.05, 0) is 18.2 Å². The fourth-order valence-electron chi connectivity index (χ4n) is 1.76. The second-order valence-electron chi connectivity index (χ2n) is 4.11. The number of hydrogen-bond donors (Lipinski definition) is 2. The zero-order valence-corrected chi connectivity index (χ0v) is 11.7. The van der Waals surface area contributed by atoms with Crippen LogP contribution in [0.2, 0.25) is 5.02 Å². The average Bonchev–Trinajstić information content (AvgIpc) is 2.35. The van der Waals surface area contributed by atoms with Crippen LogP contribution in [-0.2, 0) is 9.53 Å². The summed E-state index contributed by atoms with van der Waals surface area (Å²) in [7, 11) is 0. The van der Waals surface area contributed by atoms with Gasteiger partial charge in [-0.15, -0.1) is 12.4 Å². The van der Waals surface area contributed by atoms with Gasteiger partial charge in [0.15, 0.2) is 0 Å². The Morgan fingerprint density at radius 3 is 3.00 bits per heavy atom. The normalized spacial score (nSPS) is 18.5. The highest BCUT2D eigenvalue weighted by atomic mass is 35.5. The van der Waals surface area contributed by atoms with Gasteiger partial charge < -0.3 is 15.4 Å². The van der Waals surface area contributed by atoms with Gasteiger partial charge in [0, 0.05) is 24.7 Å². The molecule has 1 heterocycles. The van der Waals surface area contributed by atoms with E-state index >= 15 is 0 Å². The minimum Gasteiger partial charge on any atom is -0.378 e. The number of rotatable bonds is 3. The maximum absolute atomic E-state index is 13.2. The largest absolute Gasteiger partial charge is 0.378 e. The van der Waals surface area contributed by atoms with Gasteiger partial charge in [0.1, 0.15) is 5.82 Å². The molecule has 1 fully saturated rings. The second-order valence-corrected chi connectivity index (χ2v) is 4.51. The van der Waals surface area contributed by atoms with Crippen molar-refractivity contribution in [3.8, 4) is 0 Å². The zero-order chi connectivity index (χ0) is 13.0. The van der Waals surface area contributed by atoms with Gasteiger partial charge in [0.2, 0.25) is 5.91 Å². The highest BCUT2D eigenvalue weighted by molar-refractivity contribution is 6.30. The van der Waals surface area contributed by atoms with E-state index < -0.39 is 5.82 Å². The summed E-state index contributed by atoms with van der Waals surface area (Å²) in [5, 5.41) is 5.84. The van der Waals surface area contributed by atoms with E-state index in [-0.39, 0.29) is 29.4 Å². The molecular weight excluding hydrogens is 294 g/mol. The average molecular weight is 309 g/mol. The SMILES string of the molecule is Cl.O=C(CC1COCCN1)Nc1ccc(Cl)c(F)c1. The van der Waals surface area contributed by atoms with E-state index in [1.165, 1.54) is 12.1 Å². The van der Waals surface area contributed by atoms with Crippen molar-refractivity contribution in [3.05, 3.63) is 29.0 Å². The fraction of sp³-hybridized carbons (Fsp3) is 0.417. The van der Waals surface area contributed by atoms with Crippen LogP contribution in [0.15, 0.2) is 18.2 Å². The van der Waals surface area contributed by atoms with Crippen LogP contribution in [0.1, 0.15) is 6.42 Å². The van der Waals surface area contributed by atoms with Crippen LogP contribution in [0.3, 0.4) is 0 Å². The predicted molar refractivity (Wildman–Crippen MR) is 74.5 cm³/mol. The summed E-state index contributed by atoms with van der Waals surface area (Å²) >= 11 is 5.56. The lowest BCUT2D eigenvalue weighted by molar-refractivity contribution is -0.117. The Labute approximate surface area is 122 Å². The molecule has 0 aliphatic carbocycles. The first-order valence-corrected chi connectivity index (χ1v) is 6.09. The number of morpholine rings is 1. The zero-order valence-electron chi connectivity index (χ0n) is 10.1. The maximum Gasteiger partial charge on any atom is 0.226 e. The molecule has 0 aromatic heterocycles. The fourth-order valence-corrected chi connectivity index (χ4v) is 1.88. The molecule has 0 radical (unpaired) electrons. The Bertz CT molecular complexity index is 440. The summed E-state index contributed by atoms with van der Waals surface area (Å²) in [5.74, 6) is -0.728. The van der Waals surface area contributed by atoms with Gasteiger partial charge in [-0.2, -0.15) is 0 Å². The minimum atomic E-state index is -0.548. The Morgan fingerprint density at radius 1 is 1.58 bits per heavy atom. The number of nitrogens with one attached hydrogen (secondary N) is 2. The Hall–Kier alpha value is -0.880. The lowest BCUT2D eigenvalue weighted by Gasteiger charge is -2.23. The first-order valence-electron chi connectivity index (χ1n) is 5.71. The Balaban J connectivity index is 0.00000180. The highest BCUT2D eigenvalue weighted by Crippen LogP contribution is 2.18. The molecule has 2 rings (SSSR count). The molecule has 2 N–H and O–H groups in total. The van der Waals surface area contributed by atoms with Crippen molar-refractivity contribution >= 4 is 35.6 Å². The van der Waals surface area contributed by atoms with Crippen molar-refractivity contribution in [2.24, 2.45) is 0 Å². The summed E-state index contributed by atoms with van der Waals surface area (Å²) < 4.78 is 18.4. The lowest BCUT2D eigenvalue weighted by atomic mass is 10.2.